The highest BCUT2D eigenvalue weighted by Crippen LogP contribution is 2.40. The van der Waals surface area contributed by atoms with E-state index in [0.29, 0.717) is 49.8 Å². The molecule has 1 aliphatic rings. The van der Waals surface area contributed by atoms with Gasteiger partial charge in [0.15, 0.2) is 0 Å². The highest BCUT2D eigenvalue weighted by atomic mass is 16.5. The lowest BCUT2D eigenvalue weighted by molar-refractivity contribution is -0.140. The van der Waals surface area contributed by atoms with Gasteiger partial charge >= 0.3 is 0 Å². The maximum absolute atomic E-state index is 13.0. The largest absolute Gasteiger partial charge is 0.507 e. The van der Waals surface area contributed by atoms with Crippen molar-refractivity contribution in [3.63, 3.8) is 0 Å². The number of nitrogens with zero attached hydrogens (tertiary/aromatic N) is 1. The first-order valence-corrected chi connectivity index (χ1v) is 11.2. The highest BCUT2D eigenvalue weighted by Gasteiger charge is 2.45. The van der Waals surface area contributed by atoms with Gasteiger partial charge in [-0.15, -0.1) is 0 Å². The Bertz CT molecular complexity index is 981. The molecule has 33 heavy (non-hydrogen) atoms. The van der Waals surface area contributed by atoms with Crippen LogP contribution in [0.5, 0.6) is 11.5 Å². The first-order chi connectivity index (χ1) is 16.0. The number of carbonyl (C=O) groups excluding carboxylic acids is 2. The third kappa shape index (κ3) is 5.54. The van der Waals surface area contributed by atoms with Crippen molar-refractivity contribution in [2.75, 3.05) is 33.5 Å². The molecular weight excluding hydrogens is 422 g/mol. The molecule has 1 amide bonds. The number of likely N-dealkylation sites (tertiary alicyclic amines) is 1. The van der Waals surface area contributed by atoms with Gasteiger partial charge in [0.25, 0.3) is 11.7 Å². The molecule has 1 atom stereocenters. The second-order valence-corrected chi connectivity index (χ2v) is 7.71. The third-order valence-electron chi connectivity index (χ3n) is 5.39. The second-order valence-electron chi connectivity index (χ2n) is 7.71. The van der Waals surface area contributed by atoms with E-state index in [-0.39, 0.29) is 11.3 Å². The Balaban J connectivity index is 2.01. The topological polar surface area (TPSA) is 85.3 Å². The fourth-order valence-corrected chi connectivity index (χ4v) is 3.83. The highest BCUT2D eigenvalue weighted by molar-refractivity contribution is 6.46. The number of Topliss-reactive ketones (excluding diaryl/α,β-unsaturated/α-hetero) is 1. The van der Waals surface area contributed by atoms with Gasteiger partial charge in [0, 0.05) is 25.8 Å². The van der Waals surface area contributed by atoms with Crippen molar-refractivity contribution in [2.24, 2.45) is 0 Å². The maximum atomic E-state index is 13.0. The van der Waals surface area contributed by atoms with Gasteiger partial charge in [0.2, 0.25) is 0 Å². The molecule has 176 valence electrons. The number of carbonyl (C=O) groups is 2. The SMILES string of the molecule is CCCOc1ccc(/C(O)=C2\C(=O)C(=O)N(CCCOC)C2c2ccc(OCC)cc2)cc1. The number of ether oxygens (including phenoxy) is 3. The van der Waals surface area contributed by atoms with Gasteiger partial charge in [-0.1, -0.05) is 19.1 Å². The van der Waals surface area contributed by atoms with E-state index in [1.807, 2.05) is 26.0 Å². The van der Waals surface area contributed by atoms with Gasteiger partial charge < -0.3 is 24.2 Å². The molecule has 1 fully saturated rings. The Morgan fingerprint density at radius 2 is 1.58 bits per heavy atom. The molecule has 0 bridgehead atoms. The third-order valence-corrected chi connectivity index (χ3v) is 5.39. The van der Waals surface area contributed by atoms with Crippen LogP contribution in [-0.4, -0.2) is 55.2 Å². The number of benzene rings is 2. The molecule has 2 aromatic carbocycles. The molecule has 2 aromatic rings. The molecule has 1 aliphatic heterocycles. The van der Waals surface area contributed by atoms with Crippen molar-refractivity contribution in [1.29, 1.82) is 0 Å². The summed E-state index contributed by atoms with van der Waals surface area (Å²) in [4.78, 5) is 27.5. The molecule has 1 saturated heterocycles. The fraction of sp³-hybridized carbons (Fsp3) is 0.385. The lowest BCUT2D eigenvalue weighted by Crippen LogP contribution is -2.31. The average Bonchev–Trinajstić information content (AvgIpc) is 3.08. The fourth-order valence-electron chi connectivity index (χ4n) is 3.83. The van der Waals surface area contributed by atoms with E-state index in [0.717, 1.165) is 12.0 Å². The van der Waals surface area contributed by atoms with Crippen molar-refractivity contribution in [1.82, 2.24) is 4.90 Å². The van der Waals surface area contributed by atoms with Crippen LogP contribution < -0.4 is 9.47 Å². The predicted octanol–water partition coefficient (Wildman–Crippen LogP) is 4.33. The number of rotatable bonds is 11. The maximum Gasteiger partial charge on any atom is 0.295 e. The van der Waals surface area contributed by atoms with Gasteiger partial charge in [0.1, 0.15) is 17.3 Å². The van der Waals surface area contributed by atoms with Gasteiger partial charge in [0.05, 0.1) is 24.8 Å². The van der Waals surface area contributed by atoms with Crippen LogP contribution in [0.1, 0.15) is 43.9 Å². The summed E-state index contributed by atoms with van der Waals surface area (Å²) >= 11 is 0. The van der Waals surface area contributed by atoms with E-state index >= 15 is 0 Å². The minimum absolute atomic E-state index is 0.0730. The number of hydrogen-bond acceptors (Lipinski definition) is 6. The Labute approximate surface area is 194 Å². The zero-order valence-electron chi connectivity index (χ0n) is 19.4. The molecule has 0 aromatic heterocycles. The number of ketones is 1. The van der Waals surface area contributed by atoms with Gasteiger partial charge in [-0.3, -0.25) is 9.59 Å². The van der Waals surface area contributed by atoms with E-state index in [1.54, 1.807) is 43.5 Å². The number of aliphatic hydroxyl groups is 1. The van der Waals surface area contributed by atoms with Gasteiger partial charge in [-0.05, 0) is 61.7 Å². The lowest BCUT2D eigenvalue weighted by atomic mass is 9.95. The van der Waals surface area contributed by atoms with Crippen LogP contribution in [-0.2, 0) is 14.3 Å². The summed E-state index contributed by atoms with van der Waals surface area (Å²) in [5, 5.41) is 11.1. The molecule has 7 nitrogen and oxygen atoms in total. The van der Waals surface area contributed by atoms with Crippen molar-refractivity contribution >= 4 is 17.4 Å². The lowest BCUT2D eigenvalue weighted by Gasteiger charge is -2.25. The van der Waals surface area contributed by atoms with Crippen LogP contribution in [0.3, 0.4) is 0 Å². The Kier molecular flexibility index (Phi) is 8.49. The molecule has 0 saturated carbocycles. The van der Waals surface area contributed by atoms with E-state index in [2.05, 4.69) is 0 Å². The second kappa shape index (κ2) is 11.5. The molecular formula is C26H31NO6. The number of methoxy groups -OCH3 is 1. The number of amides is 1. The Hall–Kier alpha value is -3.32. The van der Waals surface area contributed by atoms with Crippen molar-refractivity contribution in [3.05, 3.63) is 65.2 Å². The minimum atomic E-state index is -0.700. The van der Waals surface area contributed by atoms with Crippen LogP contribution in [0.4, 0.5) is 0 Å². The van der Waals surface area contributed by atoms with Crippen molar-refractivity contribution in [2.45, 2.75) is 32.7 Å². The van der Waals surface area contributed by atoms with Crippen LogP contribution in [0.15, 0.2) is 54.1 Å². The standard InChI is InChI=1S/C26H31NO6/c1-4-16-33-21-13-9-19(10-14-21)24(28)22-23(18-7-11-20(12-8-18)32-5-2)27(15-6-17-31-3)26(30)25(22)29/h7-14,23,28H,4-6,15-17H2,1-3H3/b24-22+. The monoisotopic (exact) mass is 453 g/mol. The van der Waals surface area contributed by atoms with E-state index < -0.39 is 17.7 Å². The Morgan fingerprint density at radius 1 is 0.939 bits per heavy atom. The van der Waals surface area contributed by atoms with E-state index in [4.69, 9.17) is 14.2 Å². The Morgan fingerprint density at radius 3 is 2.18 bits per heavy atom. The first-order valence-electron chi connectivity index (χ1n) is 11.2. The van der Waals surface area contributed by atoms with Gasteiger partial charge in [-0.25, -0.2) is 0 Å². The smallest absolute Gasteiger partial charge is 0.295 e. The summed E-state index contributed by atoms with van der Waals surface area (Å²) < 4.78 is 16.2. The van der Waals surface area contributed by atoms with Crippen LogP contribution in [0.25, 0.3) is 5.76 Å². The quantitative estimate of drug-likeness (QED) is 0.236. The van der Waals surface area contributed by atoms with Crippen molar-refractivity contribution in [3.8, 4) is 11.5 Å². The summed E-state index contributed by atoms with van der Waals surface area (Å²) in [5.74, 6) is -0.162. The van der Waals surface area contributed by atoms with Crippen LogP contribution in [0, 0.1) is 0 Å². The van der Waals surface area contributed by atoms with Gasteiger partial charge in [-0.2, -0.15) is 0 Å². The molecule has 0 aliphatic carbocycles. The molecule has 1 unspecified atom stereocenters. The molecule has 0 spiro atoms. The summed E-state index contributed by atoms with van der Waals surface area (Å²) in [6.45, 7) is 5.83. The summed E-state index contributed by atoms with van der Waals surface area (Å²) in [7, 11) is 1.59. The average molecular weight is 454 g/mol. The minimum Gasteiger partial charge on any atom is -0.507 e. The first kappa shape index (κ1) is 24.3. The molecule has 1 heterocycles. The van der Waals surface area contributed by atoms with E-state index in [1.165, 1.54) is 4.90 Å². The normalized spacial score (nSPS) is 17.4. The summed E-state index contributed by atoms with van der Waals surface area (Å²) in [5.41, 5.74) is 1.24. The van der Waals surface area contributed by atoms with Crippen LogP contribution >= 0.6 is 0 Å². The van der Waals surface area contributed by atoms with Crippen molar-refractivity contribution < 1.29 is 28.9 Å². The zero-order valence-corrected chi connectivity index (χ0v) is 19.4. The molecule has 1 N–H and O–H groups in total. The molecule has 0 radical (unpaired) electrons. The molecule has 7 heteroatoms. The van der Waals surface area contributed by atoms with E-state index in [9.17, 15) is 14.7 Å². The number of aliphatic hydroxyl groups excluding tert-OH is 1. The van der Waals surface area contributed by atoms with Crippen LogP contribution in [0.2, 0.25) is 0 Å². The predicted molar refractivity (Wildman–Crippen MR) is 125 cm³/mol. The summed E-state index contributed by atoms with van der Waals surface area (Å²) in [6.07, 6.45) is 1.46. The molecule has 3 rings (SSSR count). The number of hydrogen-bond donors (Lipinski definition) is 1. The summed E-state index contributed by atoms with van der Waals surface area (Å²) in [6, 6.07) is 13.4. The zero-order chi connectivity index (χ0) is 23.8.